The summed E-state index contributed by atoms with van der Waals surface area (Å²) in [5, 5.41) is 12.7. The van der Waals surface area contributed by atoms with E-state index in [1.165, 1.54) is 11.5 Å². The number of anilines is 2. The van der Waals surface area contributed by atoms with Crippen molar-refractivity contribution in [2.75, 3.05) is 5.32 Å². The molecule has 4 aromatic rings. The molecular formula is C21H19ClN6O4S. The second-order valence-corrected chi connectivity index (χ2v) is 8.34. The maximum Gasteiger partial charge on any atom is 0.355 e. The molecule has 12 heteroatoms. The number of H-pyrrole nitrogens is 2. The predicted octanol–water partition coefficient (Wildman–Crippen LogP) is 3.42. The van der Waals surface area contributed by atoms with Gasteiger partial charge in [0.15, 0.2) is 4.77 Å². The normalized spacial score (nSPS) is 12.1. The van der Waals surface area contributed by atoms with E-state index >= 15 is 0 Å². The lowest BCUT2D eigenvalue weighted by Gasteiger charge is -2.18. The van der Waals surface area contributed by atoms with Crippen molar-refractivity contribution in [3.05, 3.63) is 78.8 Å². The van der Waals surface area contributed by atoms with Gasteiger partial charge in [0.2, 0.25) is 5.95 Å². The quantitative estimate of drug-likeness (QED) is 0.293. The molecule has 0 saturated carbocycles. The number of carbonyl (C=O) groups is 1. The van der Waals surface area contributed by atoms with Crippen LogP contribution in [0.3, 0.4) is 0 Å². The van der Waals surface area contributed by atoms with Crippen LogP contribution >= 0.6 is 23.8 Å². The number of aliphatic carboxylic acids is 1. The molecule has 0 radical (unpaired) electrons. The third-order valence-electron chi connectivity index (χ3n) is 5.04. The highest BCUT2D eigenvalue weighted by Gasteiger charge is 2.20. The van der Waals surface area contributed by atoms with Crippen molar-refractivity contribution in [2.24, 2.45) is 0 Å². The van der Waals surface area contributed by atoms with Crippen LogP contribution in [0.5, 0.6) is 0 Å². The van der Waals surface area contributed by atoms with Gasteiger partial charge in [-0.15, -0.1) is 0 Å². The van der Waals surface area contributed by atoms with E-state index in [9.17, 15) is 14.4 Å². The van der Waals surface area contributed by atoms with Crippen LogP contribution < -0.4 is 16.7 Å². The smallest absolute Gasteiger partial charge is 0.355 e. The molecule has 4 rings (SSSR count). The van der Waals surface area contributed by atoms with Crippen molar-refractivity contribution in [1.29, 1.82) is 0 Å². The Labute approximate surface area is 196 Å². The summed E-state index contributed by atoms with van der Waals surface area (Å²) >= 11 is 11.1. The summed E-state index contributed by atoms with van der Waals surface area (Å²) < 4.78 is 2.60. The van der Waals surface area contributed by atoms with Crippen LogP contribution in [0.2, 0.25) is 5.02 Å². The van der Waals surface area contributed by atoms with E-state index in [4.69, 9.17) is 28.9 Å². The topological polar surface area (TPSA) is 138 Å². The number of hydrogen-bond donors (Lipinski definition) is 4. The van der Waals surface area contributed by atoms with Gasteiger partial charge in [0.1, 0.15) is 0 Å². The summed E-state index contributed by atoms with van der Waals surface area (Å²) in [6.07, 6.45) is -0.395. The lowest BCUT2D eigenvalue weighted by Crippen LogP contribution is -2.44. The third kappa shape index (κ3) is 4.89. The Morgan fingerprint density at radius 1 is 1.18 bits per heavy atom. The summed E-state index contributed by atoms with van der Waals surface area (Å²) in [6.45, 7) is 1.57. The van der Waals surface area contributed by atoms with Crippen LogP contribution in [0.1, 0.15) is 24.9 Å². The molecular weight excluding hydrogens is 468 g/mol. The summed E-state index contributed by atoms with van der Waals surface area (Å²) in [5.74, 6) is -1.11. The molecule has 0 aliphatic heterocycles. The first kappa shape index (κ1) is 22.5. The lowest BCUT2D eigenvalue weighted by atomic mass is 10.2. The molecule has 2 aromatic carbocycles. The molecule has 0 aliphatic rings. The minimum Gasteiger partial charge on any atom is -0.481 e. The number of aromatic amines is 2. The number of fused-ring (bicyclic) bond motifs is 1. The molecule has 0 spiro atoms. The Hall–Kier alpha value is -3.70. The number of hydrogen-bond acceptors (Lipinski definition) is 6. The second kappa shape index (κ2) is 9.04. The van der Waals surface area contributed by atoms with Gasteiger partial charge < -0.3 is 20.4 Å². The van der Waals surface area contributed by atoms with Crippen LogP contribution in [-0.2, 0) is 11.3 Å². The van der Waals surface area contributed by atoms with Gasteiger partial charge in [0.05, 0.1) is 30.0 Å². The molecule has 4 N–H and O–H groups in total. The van der Waals surface area contributed by atoms with Crippen molar-refractivity contribution in [3.8, 4) is 0 Å². The highest BCUT2D eigenvalue weighted by molar-refractivity contribution is 7.71. The van der Waals surface area contributed by atoms with Crippen LogP contribution in [0.15, 0.2) is 52.1 Å². The van der Waals surface area contributed by atoms with E-state index in [-0.39, 0.29) is 12.5 Å². The SMILES string of the molecule is CC(CC(=O)O)n1c(=O)nc(Nc2ccc3[nH]c(=S)[nH]c3c2)n(Cc2ccc(Cl)cc2)c1=O. The Morgan fingerprint density at radius 2 is 1.88 bits per heavy atom. The van der Waals surface area contributed by atoms with Crippen molar-refractivity contribution >= 4 is 52.5 Å². The van der Waals surface area contributed by atoms with E-state index in [0.717, 1.165) is 21.2 Å². The molecule has 1 atom stereocenters. The first-order chi connectivity index (χ1) is 15.7. The Bertz CT molecular complexity index is 1520. The third-order valence-corrected chi connectivity index (χ3v) is 5.49. The van der Waals surface area contributed by atoms with Crippen LogP contribution in [-0.4, -0.2) is 35.2 Å². The van der Waals surface area contributed by atoms with Crippen molar-refractivity contribution in [3.63, 3.8) is 0 Å². The standard InChI is InChI=1S/C21H19ClN6O4S/c1-11(8-17(29)30)28-20(31)26-18(23-14-6-7-15-16(9-14)25-19(33)24-15)27(21(28)32)10-12-2-4-13(22)5-3-12/h2-7,9,11H,8,10H2,1H3,(H,29,30)(H,23,26,31)(H2,24,25,33). The number of aromatic nitrogens is 5. The zero-order valence-corrected chi connectivity index (χ0v) is 18.9. The van der Waals surface area contributed by atoms with Crippen LogP contribution in [0, 0.1) is 4.77 Å². The summed E-state index contributed by atoms with van der Waals surface area (Å²) in [4.78, 5) is 47.2. The molecule has 1 unspecified atom stereocenters. The van der Waals surface area contributed by atoms with Gasteiger partial charge in [-0.25, -0.2) is 14.2 Å². The first-order valence-corrected chi connectivity index (χ1v) is 10.7. The van der Waals surface area contributed by atoms with Gasteiger partial charge in [-0.1, -0.05) is 23.7 Å². The van der Waals surface area contributed by atoms with Crippen molar-refractivity contribution in [1.82, 2.24) is 24.1 Å². The van der Waals surface area contributed by atoms with Gasteiger partial charge >= 0.3 is 17.3 Å². The molecule has 2 heterocycles. The first-order valence-electron chi connectivity index (χ1n) is 9.90. The van der Waals surface area contributed by atoms with Crippen LogP contribution in [0.4, 0.5) is 11.6 Å². The van der Waals surface area contributed by atoms with Gasteiger partial charge in [-0.2, -0.15) is 4.98 Å². The Morgan fingerprint density at radius 3 is 2.58 bits per heavy atom. The number of carboxylic acid groups (broad SMARTS) is 1. The number of imidazole rings is 1. The number of nitrogens with zero attached hydrogens (tertiary/aromatic N) is 3. The van der Waals surface area contributed by atoms with Gasteiger partial charge in [0.25, 0.3) is 0 Å². The number of rotatable bonds is 7. The van der Waals surface area contributed by atoms with E-state index in [2.05, 4.69) is 20.3 Å². The summed E-state index contributed by atoms with van der Waals surface area (Å²) in [6, 6.07) is 11.3. The van der Waals surface area contributed by atoms with Crippen molar-refractivity contribution in [2.45, 2.75) is 25.9 Å². The number of halogens is 1. The maximum atomic E-state index is 13.3. The van der Waals surface area contributed by atoms with Crippen LogP contribution in [0.25, 0.3) is 11.0 Å². The van der Waals surface area contributed by atoms with E-state index < -0.39 is 29.8 Å². The maximum absolute atomic E-state index is 13.3. The lowest BCUT2D eigenvalue weighted by molar-refractivity contribution is -0.137. The van der Waals surface area contributed by atoms with Gasteiger partial charge in [0, 0.05) is 10.7 Å². The molecule has 0 fully saturated rings. The largest absolute Gasteiger partial charge is 0.481 e. The molecule has 0 saturated heterocycles. The Balaban J connectivity index is 1.81. The zero-order valence-electron chi connectivity index (χ0n) is 17.3. The summed E-state index contributed by atoms with van der Waals surface area (Å²) in [5.41, 5.74) is 1.33. The molecule has 0 aliphatic carbocycles. The minimum absolute atomic E-state index is 0.0206. The number of carboxylic acids is 1. The number of nitrogens with one attached hydrogen (secondary N) is 3. The summed E-state index contributed by atoms with van der Waals surface area (Å²) in [7, 11) is 0. The van der Waals surface area contributed by atoms with Gasteiger partial charge in [-0.3, -0.25) is 9.36 Å². The number of benzene rings is 2. The van der Waals surface area contributed by atoms with Crippen molar-refractivity contribution < 1.29 is 9.90 Å². The highest BCUT2D eigenvalue weighted by atomic mass is 35.5. The van der Waals surface area contributed by atoms with E-state index in [0.29, 0.717) is 15.5 Å². The van der Waals surface area contributed by atoms with E-state index in [1.807, 2.05) is 0 Å². The molecule has 0 amide bonds. The molecule has 0 bridgehead atoms. The fourth-order valence-corrected chi connectivity index (χ4v) is 3.82. The minimum atomic E-state index is -1.13. The fourth-order valence-electron chi connectivity index (χ4n) is 3.48. The average molecular weight is 487 g/mol. The second-order valence-electron chi connectivity index (χ2n) is 7.49. The highest BCUT2D eigenvalue weighted by Crippen LogP contribution is 2.20. The predicted molar refractivity (Wildman–Crippen MR) is 127 cm³/mol. The fraction of sp³-hybridized carbons (Fsp3) is 0.190. The molecule has 10 nitrogen and oxygen atoms in total. The molecule has 2 aromatic heterocycles. The van der Waals surface area contributed by atoms with Gasteiger partial charge in [-0.05, 0) is 55.0 Å². The van der Waals surface area contributed by atoms with E-state index in [1.54, 1.807) is 42.5 Å². The monoisotopic (exact) mass is 486 g/mol. The molecule has 170 valence electrons. The molecule has 33 heavy (non-hydrogen) atoms. The zero-order chi connectivity index (χ0) is 23.7. The Kier molecular flexibility index (Phi) is 6.16. The average Bonchev–Trinajstić information content (AvgIpc) is 3.11.